The van der Waals surface area contributed by atoms with Crippen molar-refractivity contribution in [2.24, 2.45) is 0 Å². The van der Waals surface area contributed by atoms with Crippen molar-refractivity contribution in [2.45, 2.75) is 25.6 Å². The summed E-state index contributed by atoms with van der Waals surface area (Å²) in [4.78, 5) is 11.2. The third kappa shape index (κ3) is 2.35. The molecule has 0 aromatic carbocycles. The molecular weight excluding hydrogens is 207 g/mol. The molecule has 4 heteroatoms. The molecule has 2 nitrogen and oxygen atoms in total. The highest BCUT2D eigenvalue weighted by atomic mass is 35.5. The Hall–Kier alpha value is -0.830. The number of halogens is 2. The lowest BCUT2D eigenvalue weighted by molar-refractivity contribution is -0.114. The molecule has 14 heavy (non-hydrogen) atoms. The average Bonchev–Trinajstić information content (AvgIpc) is 2.11. The maximum atomic E-state index is 13.1. The largest absolute Gasteiger partial charge is 0.493 e. The van der Waals surface area contributed by atoms with Gasteiger partial charge in [0.2, 0.25) is 0 Å². The number of alkyl halides is 1. The zero-order valence-corrected chi connectivity index (χ0v) is 8.90. The Morgan fingerprint density at radius 3 is 2.93 bits per heavy atom. The molecule has 0 aliphatic heterocycles. The first-order valence-corrected chi connectivity index (χ1v) is 4.88. The molecule has 0 bridgehead atoms. The van der Waals surface area contributed by atoms with Gasteiger partial charge in [-0.2, -0.15) is 0 Å². The summed E-state index contributed by atoms with van der Waals surface area (Å²) in [6, 6.07) is 0. The average molecular weight is 219 g/mol. The van der Waals surface area contributed by atoms with Gasteiger partial charge in [0, 0.05) is 18.1 Å². The molecule has 78 valence electrons. The van der Waals surface area contributed by atoms with Gasteiger partial charge in [-0.05, 0) is 13.8 Å². The van der Waals surface area contributed by atoms with Crippen LogP contribution in [0.15, 0.2) is 23.2 Å². The molecule has 0 N–H and O–H groups in total. The summed E-state index contributed by atoms with van der Waals surface area (Å²) >= 11 is 5.69. The molecule has 0 heterocycles. The summed E-state index contributed by atoms with van der Waals surface area (Å²) in [6.07, 6.45) is 1.40. The van der Waals surface area contributed by atoms with E-state index in [2.05, 4.69) is 0 Å². The Labute approximate surface area is 87.4 Å². The predicted molar refractivity (Wildman–Crippen MR) is 52.8 cm³/mol. The van der Waals surface area contributed by atoms with Gasteiger partial charge in [-0.1, -0.05) is 0 Å². The summed E-state index contributed by atoms with van der Waals surface area (Å²) < 4.78 is 18.3. The summed E-state index contributed by atoms with van der Waals surface area (Å²) in [7, 11) is 0. The molecule has 0 amide bonds. The normalized spacial score (nSPS) is 22.0. The first-order chi connectivity index (χ1) is 6.56. The molecular formula is C10H12ClFO2. The van der Waals surface area contributed by atoms with E-state index >= 15 is 0 Å². The van der Waals surface area contributed by atoms with Crippen LogP contribution in [-0.4, -0.2) is 17.8 Å². The number of carbonyl (C=O) groups excluding carboxylic acids is 1. The number of rotatable bonds is 3. The van der Waals surface area contributed by atoms with Crippen LogP contribution in [0.4, 0.5) is 4.39 Å². The van der Waals surface area contributed by atoms with Crippen LogP contribution < -0.4 is 0 Å². The molecule has 0 spiro atoms. The van der Waals surface area contributed by atoms with Crippen molar-refractivity contribution in [1.82, 2.24) is 0 Å². The topological polar surface area (TPSA) is 26.3 Å². The first kappa shape index (κ1) is 11.2. The first-order valence-electron chi connectivity index (χ1n) is 4.44. The van der Waals surface area contributed by atoms with E-state index < -0.39 is 11.2 Å². The van der Waals surface area contributed by atoms with E-state index in [4.69, 9.17) is 16.3 Å². The quantitative estimate of drug-likeness (QED) is 0.681. The molecule has 0 saturated heterocycles. The van der Waals surface area contributed by atoms with Crippen LogP contribution in [0.25, 0.3) is 0 Å². The Morgan fingerprint density at radius 2 is 2.43 bits per heavy atom. The minimum absolute atomic E-state index is 0.122. The summed E-state index contributed by atoms with van der Waals surface area (Å²) in [6.45, 7) is 3.61. The maximum Gasteiger partial charge on any atom is 0.159 e. The van der Waals surface area contributed by atoms with Gasteiger partial charge >= 0.3 is 0 Å². The maximum absolute atomic E-state index is 13.1. The lowest BCUT2D eigenvalue weighted by Gasteiger charge is -2.18. The van der Waals surface area contributed by atoms with Crippen molar-refractivity contribution in [3.8, 4) is 0 Å². The number of allylic oxidation sites excluding steroid dienone is 3. The Morgan fingerprint density at radius 1 is 1.79 bits per heavy atom. The van der Waals surface area contributed by atoms with Crippen LogP contribution in [0.5, 0.6) is 0 Å². The van der Waals surface area contributed by atoms with Crippen LogP contribution in [-0.2, 0) is 9.53 Å². The number of Topliss-reactive ketones (excluding diaryl/α,β-unsaturated/α-hetero) is 1. The number of ether oxygens (including phenoxy) is 1. The fourth-order valence-corrected chi connectivity index (χ4v) is 1.50. The predicted octanol–water partition coefficient (Wildman–Crippen LogP) is 2.73. The molecule has 1 unspecified atom stereocenters. The van der Waals surface area contributed by atoms with E-state index in [1.807, 2.05) is 0 Å². The Kier molecular flexibility index (Phi) is 3.69. The van der Waals surface area contributed by atoms with Gasteiger partial charge in [-0.25, -0.2) is 4.39 Å². The molecule has 0 saturated carbocycles. The number of hydrogen-bond acceptors (Lipinski definition) is 2. The highest BCUT2D eigenvalue weighted by Crippen LogP contribution is 2.29. The Balaban J connectivity index is 3.01. The minimum Gasteiger partial charge on any atom is -0.493 e. The monoisotopic (exact) mass is 218 g/mol. The summed E-state index contributed by atoms with van der Waals surface area (Å²) in [5, 5.41) is -0.738. The molecule has 1 atom stereocenters. The van der Waals surface area contributed by atoms with Gasteiger partial charge in [0.05, 0.1) is 12.0 Å². The third-order valence-electron chi connectivity index (χ3n) is 1.97. The molecule has 1 aliphatic rings. The molecule has 0 aromatic heterocycles. The van der Waals surface area contributed by atoms with E-state index in [1.54, 1.807) is 6.92 Å². The van der Waals surface area contributed by atoms with Crippen molar-refractivity contribution < 1.29 is 13.9 Å². The number of ketones is 1. The smallest absolute Gasteiger partial charge is 0.159 e. The van der Waals surface area contributed by atoms with Crippen LogP contribution in [0, 0.1) is 0 Å². The van der Waals surface area contributed by atoms with Crippen molar-refractivity contribution in [3.63, 3.8) is 0 Å². The van der Waals surface area contributed by atoms with Crippen LogP contribution in [0.2, 0.25) is 0 Å². The zero-order chi connectivity index (χ0) is 10.7. The van der Waals surface area contributed by atoms with Gasteiger partial charge in [0.15, 0.2) is 5.78 Å². The fraction of sp³-hybridized carbons (Fsp3) is 0.500. The Bertz CT molecular complexity index is 307. The molecule has 0 aromatic rings. The second-order valence-corrected chi connectivity index (χ2v) is 3.56. The van der Waals surface area contributed by atoms with Crippen molar-refractivity contribution in [2.75, 3.05) is 6.61 Å². The lowest BCUT2D eigenvalue weighted by Crippen LogP contribution is -2.15. The van der Waals surface area contributed by atoms with Gasteiger partial charge < -0.3 is 4.74 Å². The minimum atomic E-state index is -0.738. The van der Waals surface area contributed by atoms with Crippen LogP contribution in [0.3, 0.4) is 0 Å². The van der Waals surface area contributed by atoms with Gasteiger partial charge in [0.1, 0.15) is 11.6 Å². The van der Waals surface area contributed by atoms with Crippen molar-refractivity contribution in [3.05, 3.63) is 23.2 Å². The van der Waals surface area contributed by atoms with Gasteiger partial charge in [-0.15, -0.1) is 11.6 Å². The molecule has 1 rings (SSSR count). The van der Waals surface area contributed by atoms with Gasteiger partial charge in [0.25, 0.3) is 0 Å². The summed E-state index contributed by atoms with van der Waals surface area (Å²) in [5.74, 6) is -0.252. The van der Waals surface area contributed by atoms with E-state index in [9.17, 15) is 9.18 Å². The highest BCUT2D eigenvalue weighted by molar-refractivity contribution is 6.23. The number of carbonyl (C=O) groups is 1. The van der Waals surface area contributed by atoms with Crippen LogP contribution in [0.1, 0.15) is 20.3 Å². The third-order valence-corrected chi connectivity index (χ3v) is 2.34. The SMILES string of the molecule is CCOC1=C(C(C)=O)CC(Cl)C(F)=C1. The second kappa shape index (κ2) is 4.60. The zero-order valence-electron chi connectivity index (χ0n) is 8.14. The van der Waals surface area contributed by atoms with Crippen molar-refractivity contribution >= 4 is 17.4 Å². The van der Waals surface area contributed by atoms with Gasteiger partial charge in [-0.3, -0.25) is 4.79 Å². The lowest BCUT2D eigenvalue weighted by atomic mass is 9.99. The standard InChI is InChI=1S/C10H12ClFO2/c1-3-14-10-5-9(12)8(11)4-7(10)6(2)13/h5,8H,3-4H2,1-2H3. The fourth-order valence-electron chi connectivity index (χ4n) is 1.28. The van der Waals surface area contributed by atoms with E-state index in [1.165, 1.54) is 13.0 Å². The van der Waals surface area contributed by atoms with E-state index in [0.29, 0.717) is 17.9 Å². The number of hydrogen-bond donors (Lipinski definition) is 0. The molecule has 0 radical (unpaired) electrons. The van der Waals surface area contributed by atoms with E-state index in [0.717, 1.165) is 0 Å². The van der Waals surface area contributed by atoms with Crippen molar-refractivity contribution in [1.29, 1.82) is 0 Å². The van der Waals surface area contributed by atoms with Crippen LogP contribution >= 0.6 is 11.6 Å². The second-order valence-electron chi connectivity index (χ2n) is 3.03. The highest BCUT2D eigenvalue weighted by Gasteiger charge is 2.24. The summed E-state index contributed by atoms with van der Waals surface area (Å²) in [5.41, 5.74) is 0.466. The molecule has 1 aliphatic carbocycles. The molecule has 0 fully saturated rings. The van der Waals surface area contributed by atoms with E-state index in [-0.39, 0.29) is 12.2 Å².